The van der Waals surface area contributed by atoms with E-state index in [9.17, 15) is 5.11 Å². The van der Waals surface area contributed by atoms with Gasteiger partial charge in [-0.1, -0.05) is 27.2 Å². The topological polar surface area (TPSA) is 32.8 Å². The van der Waals surface area contributed by atoms with Crippen LogP contribution in [0.1, 0.15) is 40.0 Å². The van der Waals surface area contributed by atoms with Crippen LogP contribution in [-0.4, -0.2) is 23.4 Å². The van der Waals surface area contributed by atoms with Crippen molar-refractivity contribution in [3.63, 3.8) is 0 Å². The van der Waals surface area contributed by atoms with Crippen LogP contribution in [-0.2, 0) is 4.74 Å². The van der Waals surface area contributed by atoms with Crippen LogP contribution in [0.25, 0.3) is 0 Å². The van der Waals surface area contributed by atoms with Gasteiger partial charge in [-0.3, -0.25) is 0 Å². The summed E-state index contributed by atoms with van der Waals surface area (Å²) in [6, 6.07) is 0. The highest BCUT2D eigenvalue weighted by Crippen LogP contribution is 2.36. The summed E-state index contributed by atoms with van der Waals surface area (Å²) in [7, 11) is 0. The quantitative estimate of drug-likeness (QED) is 0.538. The molecule has 1 rings (SSSR count). The Kier molecular flexibility index (Phi) is 4.63. The first kappa shape index (κ1) is 12.5. The first-order valence-corrected chi connectivity index (χ1v) is 5.88. The van der Waals surface area contributed by atoms with Gasteiger partial charge < -0.3 is 9.84 Å². The molecule has 0 aromatic rings. The molecular formula is C13H22O2. The predicted octanol–water partition coefficient (Wildman–Crippen LogP) is 2.21. The number of hydrogen-bond donors (Lipinski definition) is 1. The van der Waals surface area contributed by atoms with Crippen LogP contribution in [0, 0.1) is 24.2 Å². The van der Waals surface area contributed by atoms with E-state index < -0.39 is 6.10 Å². The van der Waals surface area contributed by atoms with Gasteiger partial charge in [0, 0.05) is 6.42 Å². The highest BCUT2D eigenvalue weighted by molar-refractivity contribution is 4.98. The fourth-order valence-corrected chi connectivity index (χ4v) is 2.12. The molecule has 1 saturated heterocycles. The molecule has 1 aliphatic heterocycles. The summed E-state index contributed by atoms with van der Waals surface area (Å²) in [5, 5.41) is 9.96. The van der Waals surface area contributed by atoms with Gasteiger partial charge in [-0.25, -0.2) is 0 Å². The number of epoxide rings is 1. The molecule has 0 bridgehead atoms. The van der Waals surface area contributed by atoms with Crippen molar-refractivity contribution in [1.29, 1.82) is 0 Å². The Labute approximate surface area is 93.0 Å². The first-order chi connectivity index (χ1) is 7.11. The Morgan fingerprint density at radius 2 is 2.07 bits per heavy atom. The predicted molar refractivity (Wildman–Crippen MR) is 61.4 cm³/mol. The maximum absolute atomic E-state index is 9.96. The van der Waals surface area contributed by atoms with E-state index in [2.05, 4.69) is 19.8 Å². The normalized spacial score (nSPS) is 30.3. The minimum absolute atomic E-state index is 0.0231. The minimum Gasteiger partial charge on any atom is -0.390 e. The monoisotopic (exact) mass is 210 g/mol. The molecule has 0 spiro atoms. The molecule has 5 atom stereocenters. The van der Waals surface area contributed by atoms with Crippen molar-refractivity contribution in [2.45, 2.75) is 58.3 Å². The van der Waals surface area contributed by atoms with Crippen LogP contribution >= 0.6 is 0 Å². The molecular weight excluding hydrogens is 188 g/mol. The number of aliphatic hydroxyl groups excluding tert-OH is 1. The largest absolute Gasteiger partial charge is 0.390 e. The zero-order valence-electron chi connectivity index (χ0n) is 9.94. The Morgan fingerprint density at radius 3 is 2.60 bits per heavy atom. The molecule has 1 aliphatic rings. The molecule has 86 valence electrons. The summed E-state index contributed by atoms with van der Waals surface area (Å²) < 4.78 is 5.54. The fourth-order valence-electron chi connectivity index (χ4n) is 2.12. The van der Waals surface area contributed by atoms with Crippen molar-refractivity contribution in [3.05, 3.63) is 0 Å². The average molecular weight is 210 g/mol. The third-order valence-electron chi connectivity index (χ3n) is 3.23. The third-order valence-corrected chi connectivity index (χ3v) is 3.23. The van der Waals surface area contributed by atoms with Crippen LogP contribution in [0.4, 0.5) is 0 Å². The summed E-state index contributed by atoms with van der Waals surface area (Å²) in [6.07, 6.45) is 8.06. The molecule has 0 aromatic heterocycles. The van der Waals surface area contributed by atoms with E-state index in [0.29, 0.717) is 12.3 Å². The van der Waals surface area contributed by atoms with Gasteiger partial charge in [-0.15, -0.1) is 12.3 Å². The van der Waals surface area contributed by atoms with E-state index in [1.807, 2.05) is 6.92 Å². The SMILES string of the molecule is C#CC[C@@H](C)[C@H](O)[C@H]1O[C@H]1[C@@H](C)CCC. The lowest BCUT2D eigenvalue weighted by Gasteiger charge is -2.15. The van der Waals surface area contributed by atoms with Gasteiger partial charge in [0.25, 0.3) is 0 Å². The van der Waals surface area contributed by atoms with Crippen LogP contribution < -0.4 is 0 Å². The van der Waals surface area contributed by atoms with Crippen LogP contribution in [0.5, 0.6) is 0 Å². The number of aliphatic hydroxyl groups is 1. The average Bonchev–Trinajstić information content (AvgIpc) is 2.97. The van der Waals surface area contributed by atoms with E-state index in [1.54, 1.807) is 0 Å². The standard InChI is InChI=1S/C13H22O2/c1-5-7-9(3)11(14)13-12(15-13)10(4)8-6-2/h1,9-14H,6-8H2,2-4H3/t9-,10+,11+,12+,13-/m1/s1. The maximum atomic E-state index is 9.96. The van der Waals surface area contributed by atoms with E-state index >= 15 is 0 Å². The lowest BCUT2D eigenvalue weighted by Crippen LogP contribution is -2.26. The van der Waals surface area contributed by atoms with Gasteiger partial charge in [-0.05, 0) is 18.3 Å². The zero-order chi connectivity index (χ0) is 11.4. The molecule has 1 fully saturated rings. The smallest absolute Gasteiger partial charge is 0.111 e. The van der Waals surface area contributed by atoms with Crippen molar-refractivity contribution in [3.8, 4) is 12.3 Å². The molecule has 0 saturated carbocycles. The molecule has 0 aliphatic carbocycles. The van der Waals surface area contributed by atoms with E-state index in [4.69, 9.17) is 11.2 Å². The van der Waals surface area contributed by atoms with Crippen LogP contribution in [0.2, 0.25) is 0 Å². The molecule has 0 aromatic carbocycles. The van der Waals surface area contributed by atoms with E-state index in [1.165, 1.54) is 6.42 Å². The van der Waals surface area contributed by atoms with Gasteiger partial charge >= 0.3 is 0 Å². The van der Waals surface area contributed by atoms with Gasteiger partial charge in [-0.2, -0.15) is 0 Å². The maximum Gasteiger partial charge on any atom is 0.111 e. The van der Waals surface area contributed by atoms with Gasteiger partial charge in [0.05, 0.1) is 12.2 Å². The molecule has 15 heavy (non-hydrogen) atoms. The van der Waals surface area contributed by atoms with Crippen molar-refractivity contribution in [2.75, 3.05) is 0 Å². The fraction of sp³-hybridized carbons (Fsp3) is 0.846. The minimum atomic E-state index is -0.398. The van der Waals surface area contributed by atoms with Gasteiger partial charge in [0.15, 0.2) is 0 Å². The summed E-state index contributed by atoms with van der Waals surface area (Å²) >= 11 is 0. The van der Waals surface area contributed by atoms with E-state index in [0.717, 1.165) is 6.42 Å². The summed E-state index contributed by atoms with van der Waals surface area (Å²) in [5.74, 6) is 3.27. The lowest BCUT2D eigenvalue weighted by molar-refractivity contribution is 0.0867. The number of hydrogen-bond acceptors (Lipinski definition) is 2. The van der Waals surface area contributed by atoms with Crippen molar-refractivity contribution >= 4 is 0 Å². The number of ether oxygens (including phenoxy) is 1. The molecule has 0 amide bonds. The Morgan fingerprint density at radius 1 is 1.40 bits per heavy atom. The summed E-state index contributed by atoms with van der Waals surface area (Å²) in [4.78, 5) is 0. The third kappa shape index (κ3) is 3.22. The van der Waals surface area contributed by atoms with Crippen LogP contribution in [0.3, 0.4) is 0 Å². The molecule has 1 heterocycles. The number of rotatable bonds is 6. The highest BCUT2D eigenvalue weighted by atomic mass is 16.6. The van der Waals surface area contributed by atoms with Crippen LogP contribution in [0.15, 0.2) is 0 Å². The second-order valence-corrected chi connectivity index (χ2v) is 4.71. The van der Waals surface area contributed by atoms with Crippen molar-refractivity contribution in [2.24, 2.45) is 11.8 Å². The van der Waals surface area contributed by atoms with E-state index in [-0.39, 0.29) is 18.1 Å². The molecule has 2 nitrogen and oxygen atoms in total. The van der Waals surface area contributed by atoms with Gasteiger partial charge in [0.2, 0.25) is 0 Å². The number of terminal acetylenes is 1. The molecule has 1 N–H and O–H groups in total. The van der Waals surface area contributed by atoms with Crippen molar-refractivity contribution < 1.29 is 9.84 Å². The zero-order valence-corrected chi connectivity index (χ0v) is 9.94. The highest BCUT2D eigenvalue weighted by Gasteiger charge is 2.48. The summed E-state index contributed by atoms with van der Waals surface area (Å²) in [6.45, 7) is 6.34. The molecule has 2 heteroatoms. The summed E-state index contributed by atoms with van der Waals surface area (Å²) in [5.41, 5.74) is 0. The van der Waals surface area contributed by atoms with Gasteiger partial charge in [0.1, 0.15) is 6.10 Å². The lowest BCUT2D eigenvalue weighted by atomic mass is 9.92. The Bertz CT molecular complexity index is 231. The Hall–Kier alpha value is -0.520. The second-order valence-electron chi connectivity index (χ2n) is 4.71. The molecule has 0 radical (unpaired) electrons. The Balaban J connectivity index is 2.33. The van der Waals surface area contributed by atoms with Crippen molar-refractivity contribution in [1.82, 2.24) is 0 Å². The second kappa shape index (κ2) is 5.53. The molecule has 0 unspecified atom stereocenters. The first-order valence-electron chi connectivity index (χ1n) is 5.88.